The van der Waals surface area contributed by atoms with Crippen molar-refractivity contribution >= 4 is 0 Å². The molecule has 15 heavy (non-hydrogen) atoms. The number of benzene rings is 1. The molecule has 0 heterocycles. The molecule has 0 aromatic heterocycles. The Morgan fingerprint density at radius 1 is 1.00 bits per heavy atom. The molecule has 1 aromatic rings. The van der Waals surface area contributed by atoms with Gasteiger partial charge in [0.2, 0.25) is 0 Å². The maximum Gasteiger partial charge on any atom is -0.00472 e. The van der Waals surface area contributed by atoms with E-state index in [1.165, 1.54) is 30.4 Å². The van der Waals surface area contributed by atoms with E-state index in [1.807, 2.05) is 0 Å². The standard InChI is InChI=1S/C15H18/c1-13-9-11-15(12-10-13)8-4-7-14-5-2-3-6-14/h2-3,5-6,9-12,14H,4,7-8H2,1H3. The number of hydrogen-bond acceptors (Lipinski definition) is 0. The van der Waals surface area contributed by atoms with Gasteiger partial charge in [-0.05, 0) is 37.7 Å². The summed E-state index contributed by atoms with van der Waals surface area (Å²) in [6, 6.07) is 8.89. The number of allylic oxidation sites excluding steroid dienone is 4. The van der Waals surface area contributed by atoms with Gasteiger partial charge >= 0.3 is 0 Å². The van der Waals surface area contributed by atoms with Crippen LogP contribution in [0.15, 0.2) is 48.6 Å². The molecule has 0 atom stereocenters. The van der Waals surface area contributed by atoms with Crippen LogP contribution in [0.2, 0.25) is 0 Å². The number of aryl methyl sites for hydroxylation is 2. The third-order valence-corrected chi connectivity index (χ3v) is 2.95. The average Bonchev–Trinajstić information content (AvgIpc) is 2.74. The quantitative estimate of drug-likeness (QED) is 0.684. The SMILES string of the molecule is Cc1ccc(CCCC2C=CC=C2)cc1. The van der Waals surface area contributed by atoms with Gasteiger partial charge in [0.1, 0.15) is 0 Å². The van der Waals surface area contributed by atoms with Crippen LogP contribution in [0.5, 0.6) is 0 Å². The summed E-state index contributed by atoms with van der Waals surface area (Å²) in [7, 11) is 0. The van der Waals surface area contributed by atoms with Gasteiger partial charge in [0.25, 0.3) is 0 Å². The highest BCUT2D eigenvalue weighted by atomic mass is 14.1. The predicted molar refractivity (Wildman–Crippen MR) is 65.9 cm³/mol. The van der Waals surface area contributed by atoms with Crippen molar-refractivity contribution in [1.82, 2.24) is 0 Å². The lowest BCUT2D eigenvalue weighted by atomic mass is 10.0. The smallest absolute Gasteiger partial charge is 0.00472 e. The van der Waals surface area contributed by atoms with Gasteiger partial charge in [-0.25, -0.2) is 0 Å². The third-order valence-electron chi connectivity index (χ3n) is 2.95. The van der Waals surface area contributed by atoms with Crippen LogP contribution in [0.25, 0.3) is 0 Å². The van der Waals surface area contributed by atoms with Crippen LogP contribution in [0.3, 0.4) is 0 Å². The van der Waals surface area contributed by atoms with Crippen LogP contribution in [0.1, 0.15) is 24.0 Å². The molecule has 0 bridgehead atoms. The van der Waals surface area contributed by atoms with E-state index in [0.29, 0.717) is 5.92 Å². The molecule has 0 amide bonds. The van der Waals surface area contributed by atoms with Gasteiger partial charge in [0, 0.05) is 0 Å². The van der Waals surface area contributed by atoms with Crippen LogP contribution in [-0.2, 0) is 6.42 Å². The van der Waals surface area contributed by atoms with E-state index in [2.05, 4.69) is 55.5 Å². The molecule has 0 spiro atoms. The van der Waals surface area contributed by atoms with E-state index in [-0.39, 0.29) is 0 Å². The summed E-state index contributed by atoms with van der Waals surface area (Å²) < 4.78 is 0. The van der Waals surface area contributed by atoms with Crippen molar-refractivity contribution in [3.63, 3.8) is 0 Å². The molecule has 0 nitrogen and oxygen atoms in total. The fourth-order valence-electron chi connectivity index (χ4n) is 1.97. The summed E-state index contributed by atoms with van der Waals surface area (Å²) >= 11 is 0. The molecular formula is C15H18. The Bertz CT molecular complexity index is 342. The zero-order valence-electron chi connectivity index (χ0n) is 9.32. The number of hydrogen-bond donors (Lipinski definition) is 0. The highest BCUT2D eigenvalue weighted by molar-refractivity contribution is 5.21. The van der Waals surface area contributed by atoms with Gasteiger partial charge in [0.15, 0.2) is 0 Å². The molecule has 0 heteroatoms. The van der Waals surface area contributed by atoms with Crippen LogP contribution in [0.4, 0.5) is 0 Å². The van der Waals surface area contributed by atoms with Crippen molar-refractivity contribution in [1.29, 1.82) is 0 Å². The fraction of sp³-hybridized carbons (Fsp3) is 0.333. The van der Waals surface area contributed by atoms with Gasteiger partial charge < -0.3 is 0 Å². The second-order valence-corrected chi connectivity index (χ2v) is 4.31. The van der Waals surface area contributed by atoms with Crippen LogP contribution >= 0.6 is 0 Å². The maximum atomic E-state index is 2.29. The summed E-state index contributed by atoms with van der Waals surface area (Å²) in [6.45, 7) is 2.14. The van der Waals surface area contributed by atoms with Gasteiger partial charge in [-0.3, -0.25) is 0 Å². The molecule has 0 saturated heterocycles. The minimum atomic E-state index is 0.690. The van der Waals surface area contributed by atoms with Crippen molar-refractivity contribution in [2.24, 2.45) is 5.92 Å². The third kappa shape index (κ3) is 3.09. The molecule has 1 aliphatic rings. The van der Waals surface area contributed by atoms with Gasteiger partial charge in [-0.15, -0.1) is 0 Å². The molecule has 0 radical (unpaired) electrons. The molecule has 78 valence electrons. The van der Waals surface area contributed by atoms with E-state index in [1.54, 1.807) is 0 Å². The lowest BCUT2D eigenvalue weighted by molar-refractivity contribution is 0.658. The van der Waals surface area contributed by atoms with E-state index in [4.69, 9.17) is 0 Å². The zero-order chi connectivity index (χ0) is 10.5. The minimum absolute atomic E-state index is 0.690. The molecular weight excluding hydrogens is 180 g/mol. The largest absolute Gasteiger partial charge is 0.0776 e. The van der Waals surface area contributed by atoms with Gasteiger partial charge in [-0.1, -0.05) is 54.1 Å². The average molecular weight is 198 g/mol. The van der Waals surface area contributed by atoms with Crippen molar-refractivity contribution in [3.05, 3.63) is 59.7 Å². The van der Waals surface area contributed by atoms with Crippen molar-refractivity contribution < 1.29 is 0 Å². The first-order valence-corrected chi connectivity index (χ1v) is 5.75. The van der Waals surface area contributed by atoms with E-state index >= 15 is 0 Å². The Hall–Kier alpha value is -1.30. The first-order valence-electron chi connectivity index (χ1n) is 5.75. The Labute approximate surface area is 92.3 Å². The molecule has 0 fully saturated rings. The molecule has 0 aliphatic heterocycles. The molecule has 0 unspecified atom stereocenters. The lowest BCUT2D eigenvalue weighted by Gasteiger charge is -2.05. The Morgan fingerprint density at radius 3 is 2.33 bits per heavy atom. The monoisotopic (exact) mass is 198 g/mol. The second-order valence-electron chi connectivity index (χ2n) is 4.31. The van der Waals surface area contributed by atoms with E-state index in [0.717, 1.165) is 0 Å². The lowest BCUT2D eigenvalue weighted by Crippen LogP contribution is -1.92. The summed E-state index contributed by atoms with van der Waals surface area (Å²) in [5.41, 5.74) is 2.81. The van der Waals surface area contributed by atoms with Gasteiger partial charge in [0.05, 0.1) is 0 Å². The molecule has 0 saturated carbocycles. The molecule has 2 rings (SSSR count). The summed E-state index contributed by atoms with van der Waals surface area (Å²) in [5, 5.41) is 0. The van der Waals surface area contributed by atoms with Crippen molar-refractivity contribution in [2.45, 2.75) is 26.2 Å². The number of rotatable bonds is 4. The topological polar surface area (TPSA) is 0 Å². The zero-order valence-corrected chi connectivity index (χ0v) is 9.32. The maximum absolute atomic E-state index is 2.29. The minimum Gasteiger partial charge on any atom is -0.0776 e. The summed E-state index contributed by atoms with van der Waals surface area (Å²) in [4.78, 5) is 0. The molecule has 1 aliphatic carbocycles. The first-order chi connectivity index (χ1) is 7.34. The predicted octanol–water partition coefficient (Wildman–Crippen LogP) is 4.06. The molecule has 1 aromatic carbocycles. The van der Waals surface area contributed by atoms with Gasteiger partial charge in [-0.2, -0.15) is 0 Å². The van der Waals surface area contributed by atoms with Crippen LogP contribution in [0, 0.1) is 12.8 Å². The normalized spacial score (nSPS) is 15.0. The van der Waals surface area contributed by atoms with E-state index in [9.17, 15) is 0 Å². The van der Waals surface area contributed by atoms with Crippen molar-refractivity contribution in [3.8, 4) is 0 Å². The van der Waals surface area contributed by atoms with Crippen LogP contribution < -0.4 is 0 Å². The van der Waals surface area contributed by atoms with Crippen LogP contribution in [-0.4, -0.2) is 0 Å². The Kier molecular flexibility index (Phi) is 3.39. The summed E-state index contributed by atoms with van der Waals surface area (Å²) in [6.07, 6.45) is 12.6. The fourth-order valence-corrected chi connectivity index (χ4v) is 1.97. The van der Waals surface area contributed by atoms with E-state index < -0.39 is 0 Å². The first kappa shape index (κ1) is 10.2. The molecule has 0 N–H and O–H groups in total. The Morgan fingerprint density at radius 2 is 1.67 bits per heavy atom. The van der Waals surface area contributed by atoms with Crippen molar-refractivity contribution in [2.75, 3.05) is 0 Å². The second kappa shape index (κ2) is 4.97. The summed E-state index contributed by atoms with van der Waals surface area (Å²) in [5.74, 6) is 0.690. The Balaban J connectivity index is 1.76. The highest BCUT2D eigenvalue weighted by Gasteiger charge is 2.03. The highest BCUT2D eigenvalue weighted by Crippen LogP contribution is 2.17.